The van der Waals surface area contributed by atoms with Crippen molar-refractivity contribution in [2.24, 2.45) is 5.73 Å². The predicted octanol–water partition coefficient (Wildman–Crippen LogP) is 5.18. The Morgan fingerprint density at radius 3 is 1.88 bits per heavy atom. The fourth-order valence-corrected chi connectivity index (χ4v) is 3.12. The molecule has 0 spiro atoms. The van der Waals surface area contributed by atoms with Gasteiger partial charge in [-0.2, -0.15) is 0 Å². The molecule has 0 heterocycles. The van der Waals surface area contributed by atoms with Crippen molar-refractivity contribution in [3.63, 3.8) is 0 Å². The average molecular weight is 239 g/mol. The van der Waals surface area contributed by atoms with Crippen LogP contribution in [0, 0.1) is 0 Å². The van der Waals surface area contributed by atoms with Crippen molar-refractivity contribution in [1.82, 2.24) is 0 Å². The van der Waals surface area contributed by atoms with Crippen LogP contribution in [0.2, 0.25) is 0 Å². The first-order valence-corrected chi connectivity index (χ1v) is 8.06. The van der Waals surface area contributed by atoms with Gasteiger partial charge in [-0.3, -0.25) is 0 Å². The van der Waals surface area contributed by atoms with Crippen LogP contribution in [0.15, 0.2) is 0 Å². The lowest BCUT2D eigenvalue weighted by molar-refractivity contribution is 0.331. The minimum Gasteiger partial charge on any atom is -0.325 e. The molecule has 1 fully saturated rings. The molecule has 2 N–H and O–H groups in total. The summed E-state index contributed by atoms with van der Waals surface area (Å²) in [7, 11) is 0. The van der Waals surface area contributed by atoms with Gasteiger partial charge in [0, 0.05) is 5.54 Å². The summed E-state index contributed by atoms with van der Waals surface area (Å²) in [4.78, 5) is 0. The van der Waals surface area contributed by atoms with E-state index in [1.54, 1.807) is 0 Å². The molecule has 1 nitrogen and oxygen atoms in total. The Morgan fingerprint density at radius 1 is 0.765 bits per heavy atom. The Bertz CT molecular complexity index is 168. The van der Waals surface area contributed by atoms with Crippen LogP contribution in [-0.4, -0.2) is 5.54 Å². The van der Waals surface area contributed by atoms with Crippen molar-refractivity contribution in [1.29, 1.82) is 0 Å². The molecule has 0 aliphatic heterocycles. The molecule has 0 amide bonds. The van der Waals surface area contributed by atoms with Crippen LogP contribution in [-0.2, 0) is 0 Å². The molecule has 1 heteroatoms. The van der Waals surface area contributed by atoms with Gasteiger partial charge in [-0.1, -0.05) is 77.6 Å². The Hall–Kier alpha value is -0.0400. The molecule has 0 bridgehead atoms. The van der Waals surface area contributed by atoms with Crippen molar-refractivity contribution in [2.45, 2.75) is 102 Å². The first-order chi connectivity index (χ1) is 8.27. The maximum Gasteiger partial charge on any atom is 0.0154 e. The molecule has 0 unspecified atom stereocenters. The van der Waals surface area contributed by atoms with Crippen LogP contribution >= 0.6 is 0 Å². The minimum absolute atomic E-state index is 0.208. The van der Waals surface area contributed by atoms with Crippen LogP contribution in [0.25, 0.3) is 0 Å². The molecule has 1 saturated carbocycles. The highest BCUT2D eigenvalue weighted by Gasteiger charge is 2.25. The van der Waals surface area contributed by atoms with E-state index in [4.69, 9.17) is 5.73 Å². The number of unbranched alkanes of at least 4 members (excludes halogenated alkanes) is 6. The number of hydrogen-bond acceptors (Lipinski definition) is 1. The van der Waals surface area contributed by atoms with E-state index < -0.39 is 0 Å². The van der Waals surface area contributed by atoms with Crippen molar-refractivity contribution in [3.8, 4) is 0 Å². The third-order valence-corrected chi connectivity index (χ3v) is 4.38. The molecule has 17 heavy (non-hydrogen) atoms. The second-order valence-corrected chi connectivity index (χ2v) is 6.15. The number of nitrogens with two attached hydrogens (primary N) is 1. The van der Waals surface area contributed by atoms with Gasteiger partial charge in [-0.25, -0.2) is 0 Å². The zero-order chi connectivity index (χ0) is 12.4. The van der Waals surface area contributed by atoms with Gasteiger partial charge in [-0.15, -0.1) is 0 Å². The second-order valence-electron chi connectivity index (χ2n) is 6.15. The van der Waals surface area contributed by atoms with Gasteiger partial charge in [0.05, 0.1) is 0 Å². The molecular weight excluding hydrogens is 206 g/mol. The lowest BCUT2D eigenvalue weighted by Crippen LogP contribution is -2.38. The SMILES string of the molecule is CCCCCCCCCC1(N)CCCCCC1. The van der Waals surface area contributed by atoms with Gasteiger partial charge < -0.3 is 5.73 Å². The summed E-state index contributed by atoms with van der Waals surface area (Å²) in [5.41, 5.74) is 6.73. The van der Waals surface area contributed by atoms with Crippen LogP contribution in [0.5, 0.6) is 0 Å². The number of hydrogen-bond donors (Lipinski definition) is 1. The predicted molar refractivity (Wildman–Crippen MR) is 77.2 cm³/mol. The van der Waals surface area contributed by atoms with E-state index in [0.29, 0.717) is 0 Å². The Labute approximate surface area is 109 Å². The molecule has 102 valence electrons. The molecule has 0 aromatic carbocycles. The Kier molecular flexibility index (Phi) is 7.92. The van der Waals surface area contributed by atoms with Crippen molar-refractivity contribution in [2.75, 3.05) is 0 Å². The second kappa shape index (κ2) is 8.97. The van der Waals surface area contributed by atoms with Gasteiger partial charge in [-0.05, 0) is 19.3 Å². The quantitative estimate of drug-likeness (QED) is 0.458. The van der Waals surface area contributed by atoms with Crippen molar-refractivity contribution < 1.29 is 0 Å². The van der Waals surface area contributed by atoms with E-state index in [0.717, 1.165) is 0 Å². The largest absolute Gasteiger partial charge is 0.325 e. The van der Waals surface area contributed by atoms with Gasteiger partial charge in [0.2, 0.25) is 0 Å². The lowest BCUT2D eigenvalue weighted by atomic mass is 9.86. The third kappa shape index (κ3) is 7.08. The first-order valence-electron chi connectivity index (χ1n) is 8.06. The van der Waals surface area contributed by atoms with Crippen LogP contribution in [0.4, 0.5) is 0 Å². The van der Waals surface area contributed by atoms with Gasteiger partial charge in [0.1, 0.15) is 0 Å². The maximum atomic E-state index is 6.52. The summed E-state index contributed by atoms with van der Waals surface area (Å²) < 4.78 is 0. The standard InChI is InChI=1S/C16H33N/c1-2-3-4-5-6-7-10-13-16(17)14-11-8-9-12-15-16/h2-15,17H2,1H3. The summed E-state index contributed by atoms with van der Waals surface area (Å²) in [6.45, 7) is 2.28. The average Bonchev–Trinajstić information content (AvgIpc) is 2.53. The van der Waals surface area contributed by atoms with E-state index >= 15 is 0 Å². The summed E-state index contributed by atoms with van der Waals surface area (Å²) in [6.07, 6.45) is 19.2. The third-order valence-electron chi connectivity index (χ3n) is 4.38. The van der Waals surface area contributed by atoms with Crippen LogP contribution in [0.1, 0.15) is 96.8 Å². The molecule has 0 radical (unpaired) electrons. The topological polar surface area (TPSA) is 26.0 Å². The zero-order valence-electron chi connectivity index (χ0n) is 12.0. The zero-order valence-corrected chi connectivity index (χ0v) is 12.0. The highest BCUT2D eigenvalue weighted by Crippen LogP contribution is 2.29. The molecule has 0 aromatic heterocycles. The molecule has 1 aliphatic rings. The van der Waals surface area contributed by atoms with E-state index in [2.05, 4.69) is 6.92 Å². The molecule has 0 atom stereocenters. The highest BCUT2D eigenvalue weighted by atomic mass is 14.7. The molecule has 1 rings (SSSR count). The summed E-state index contributed by atoms with van der Waals surface area (Å²) in [6, 6.07) is 0. The normalized spacial score (nSPS) is 20.1. The smallest absolute Gasteiger partial charge is 0.0154 e. The fourth-order valence-electron chi connectivity index (χ4n) is 3.12. The van der Waals surface area contributed by atoms with E-state index in [9.17, 15) is 0 Å². The van der Waals surface area contributed by atoms with Gasteiger partial charge in [0.15, 0.2) is 0 Å². The van der Waals surface area contributed by atoms with Gasteiger partial charge in [0.25, 0.3) is 0 Å². The van der Waals surface area contributed by atoms with Crippen molar-refractivity contribution >= 4 is 0 Å². The highest BCUT2D eigenvalue weighted by molar-refractivity contribution is 4.85. The van der Waals surface area contributed by atoms with Crippen LogP contribution in [0.3, 0.4) is 0 Å². The fraction of sp³-hybridized carbons (Fsp3) is 1.00. The lowest BCUT2D eigenvalue weighted by Gasteiger charge is -2.28. The van der Waals surface area contributed by atoms with Gasteiger partial charge >= 0.3 is 0 Å². The molecular formula is C16H33N. The summed E-state index contributed by atoms with van der Waals surface area (Å²) >= 11 is 0. The molecule has 0 saturated heterocycles. The Morgan fingerprint density at radius 2 is 1.29 bits per heavy atom. The first kappa shape index (κ1) is 15.0. The van der Waals surface area contributed by atoms with E-state index in [-0.39, 0.29) is 5.54 Å². The molecule has 1 aliphatic carbocycles. The van der Waals surface area contributed by atoms with E-state index in [1.165, 1.54) is 89.9 Å². The van der Waals surface area contributed by atoms with E-state index in [1.807, 2.05) is 0 Å². The van der Waals surface area contributed by atoms with Crippen molar-refractivity contribution in [3.05, 3.63) is 0 Å². The minimum atomic E-state index is 0.208. The maximum absolute atomic E-state index is 6.52. The monoisotopic (exact) mass is 239 g/mol. The summed E-state index contributed by atoms with van der Waals surface area (Å²) in [5.74, 6) is 0. The van der Waals surface area contributed by atoms with Crippen LogP contribution < -0.4 is 5.73 Å². The summed E-state index contributed by atoms with van der Waals surface area (Å²) in [5, 5.41) is 0. The Balaban J connectivity index is 2.00. The molecule has 0 aromatic rings. The number of rotatable bonds is 8.